The number of para-hydroxylation sites is 1. The Labute approximate surface area is 205 Å². The Hall–Kier alpha value is -2.31. The van der Waals surface area contributed by atoms with Gasteiger partial charge in [0.2, 0.25) is 11.8 Å². The molecule has 7 heteroatoms. The molecule has 0 bridgehead atoms. The van der Waals surface area contributed by atoms with E-state index in [4.69, 9.17) is 0 Å². The van der Waals surface area contributed by atoms with Gasteiger partial charge < -0.3 is 10.2 Å². The van der Waals surface area contributed by atoms with Crippen LogP contribution in [0.5, 0.6) is 0 Å². The van der Waals surface area contributed by atoms with Gasteiger partial charge in [-0.05, 0) is 80.8 Å². The Morgan fingerprint density at radius 2 is 1.80 bits per heavy atom. The number of nitrogens with one attached hydrogen (secondary N) is 1. The first kappa shape index (κ1) is 24.4. The van der Waals surface area contributed by atoms with Crippen molar-refractivity contribution >= 4 is 17.5 Å². The summed E-state index contributed by atoms with van der Waals surface area (Å²) in [5.41, 5.74) is 1.25. The highest BCUT2D eigenvalue weighted by Crippen LogP contribution is 2.67. The van der Waals surface area contributed by atoms with Gasteiger partial charge in [0.05, 0.1) is 11.3 Å². The highest BCUT2D eigenvalue weighted by Gasteiger charge is 2.61. The molecular weight excluding hydrogens is 453 g/mol. The largest absolute Gasteiger partial charge is 0.418 e. The zero-order chi connectivity index (χ0) is 25.3. The predicted octanol–water partition coefficient (Wildman–Crippen LogP) is 6.64. The second-order valence-electron chi connectivity index (χ2n) is 11.8. The summed E-state index contributed by atoms with van der Waals surface area (Å²) in [4.78, 5) is 27.8. The number of hydrogen-bond donors (Lipinski definition) is 1. The van der Waals surface area contributed by atoms with Crippen molar-refractivity contribution in [2.75, 3.05) is 12.4 Å². The standard InChI is InChI=1S/C28H35F3N2O2/c1-16-15-17-18-9-10-21(25(35)32-22-8-6-5-7-20(22)28(29,30)31)26(18,2)13-11-19(17)27(3)14-12-23(34)33(4)24(16)27/h5-8,17-19,21H,9-15H2,1-4H3,(H,32,35)/t17-,18-,19+,21?,26-,27+/m0/s1. The fourth-order valence-electron chi connectivity index (χ4n) is 8.60. The summed E-state index contributed by atoms with van der Waals surface area (Å²) in [6, 6.07) is 5.22. The van der Waals surface area contributed by atoms with Gasteiger partial charge in [0.15, 0.2) is 0 Å². The summed E-state index contributed by atoms with van der Waals surface area (Å²) in [5.74, 6) is 0.845. The van der Waals surface area contributed by atoms with Crippen LogP contribution < -0.4 is 5.32 Å². The van der Waals surface area contributed by atoms with Crippen LogP contribution in [0.15, 0.2) is 35.5 Å². The molecule has 0 radical (unpaired) electrons. The van der Waals surface area contributed by atoms with Crippen LogP contribution in [0.25, 0.3) is 0 Å². The Balaban J connectivity index is 1.41. The SMILES string of the molecule is CC1=C2N(C)C(=O)CC[C@]2(C)[C@@H]2CC[C@]3(C)C(C(=O)Nc4ccccc4C(F)(F)F)CC[C@H]3[C@@H]2C1. The Kier molecular flexibility index (Phi) is 5.65. The number of alkyl halides is 3. The average molecular weight is 489 g/mol. The van der Waals surface area contributed by atoms with Gasteiger partial charge in [-0.25, -0.2) is 0 Å². The maximum absolute atomic E-state index is 13.5. The van der Waals surface area contributed by atoms with Crippen molar-refractivity contribution in [2.24, 2.45) is 34.5 Å². The minimum absolute atomic E-state index is 0.0387. The first-order chi connectivity index (χ1) is 16.4. The van der Waals surface area contributed by atoms with E-state index in [1.54, 1.807) is 0 Å². The molecule has 1 saturated heterocycles. The summed E-state index contributed by atoms with van der Waals surface area (Å²) in [7, 11) is 1.90. The quantitative estimate of drug-likeness (QED) is 0.507. The fraction of sp³-hybridized carbons (Fsp3) is 0.643. The van der Waals surface area contributed by atoms with Gasteiger partial charge in [-0.3, -0.25) is 9.59 Å². The third-order valence-corrected chi connectivity index (χ3v) is 10.1. The average Bonchev–Trinajstić information content (AvgIpc) is 3.14. The lowest BCUT2D eigenvalue weighted by Crippen LogP contribution is -2.54. The van der Waals surface area contributed by atoms with Crippen molar-refractivity contribution in [1.29, 1.82) is 0 Å². The number of carbonyl (C=O) groups is 2. The van der Waals surface area contributed by atoms with Crippen molar-refractivity contribution in [1.82, 2.24) is 4.90 Å². The molecule has 1 heterocycles. The number of fused-ring (bicyclic) bond motifs is 5. The molecule has 5 rings (SSSR count). The minimum atomic E-state index is -4.52. The number of benzene rings is 1. The van der Waals surface area contributed by atoms with Gasteiger partial charge >= 0.3 is 6.18 Å². The number of hydrogen-bond acceptors (Lipinski definition) is 2. The molecule has 35 heavy (non-hydrogen) atoms. The molecule has 1 unspecified atom stereocenters. The number of allylic oxidation sites excluding steroid dienone is 2. The fourth-order valence-corrected chi connectivity index (χ4v) is 8.60. The molecular formula is C28H35F3N2O2. The topological polar surface area (TPSA) is 49.4 Å². The van der Waals surface area contributed by atoms with E-state index in [-0.39, 0.29) is 34.2 Å². The van der Waals surface area contributed by atoms with Crippen LogP contribution in [-0.4, -0.2) is 23.8 Å². The predicted molar refractivity (Wildman–Crippen MR) is 128 cm³/mol. The van der Waals surface area contributed by atoms with Crippen molar-refractivity contribution < 1.29 is 22.8 Å². The molecule has 4 aliphatic rings. The normalized spacial score (nSPS) is 37.0. The maximum Gasteiger partial charge on any atom is 0.418 e. The number of rotatable bonds is 2. The Morgan fingerprint density at radius 3 is 2.51 bits per heavy atom. The molecule has 3 fully saturated rings. The molecule has 1 aliphatic heterocycles. The molecule has 6 atom stereocenters. The molecule has 4 nitrogen and oxygen atoms in total. The molecule has 2 amide bonds. The lowest BCUT2D eigenvalue weighted by molar-refractivity contribution is -0.138. The second kappa shape index (κ2) is 8.10. The number of carbonyl (C=O) groups excluding carboxylic acids is 2. The molecule has 190 valence electrons. The van der Waals surface area contributed by atoms with E-state index in [0.29, 0.717) is 30.6 Å². The van der Waals surface area contributed by atoms with Gasteiger partial charge in [0.25, 0.3) is 0 Å². The molecule has 1 aromatic rings. The molecule has 1 aromatic carbocycles. The molecule has 0 spiro atoms. The maximum atomic E-state index is 13.5. The molecule has 1 N–H and O–H groups in total. The first-order valence-electron chi connectivity index (χ1n) is 12.8. The number of amides is 2. The summed E-state index contributed by atoms with van der Waals surface area (Å²) in [5, 5.41) is 2.65. The van der Waals surface area contributed by atoms with E-state index in [0.717, 1.165) is 38.2 Å². The van der Waals surface area contributed by atoms with Crippen LogP contribution in [-0.2, 0) is 15.8 Å². The smallest absolute Gasteiger partial charge is 0.325 e. The lowest BCUT2D eigenvalue weighted by atomic mass is 9.48. The van der Waals surface area contributed by atoms with Crippen LogP contribution in [0, 0.1) is 34.5 Å². The van der Waals surface area contributed by atoms with E-state index in [2.05, 4.69) is 26.1 Å². The van der Waals surface area contributed by atoms with E-state index in [1.165, 1.54) is 29.5 Å². The van der Waals surface area contributed by atoms with Crippen molar-refractivity contribution in [2.45, 2.75) is 71.9 Å². The van der Waals surface area contributed by atoms with E-state index in [9.17, 15) is 22.8 Å². The Bertz CT molecular complexity index is 1100. The van der Waals surface area contributed by atoms with Gasteiger partial charge in [0, 0.05) is 30.5 Å². The van der Waals surface area contributed by atoms with Gasteiger partial charge in [0.1, 0.15) is 0 Å². The summed E-state index contributed by atoms with van der Waals surface area (Å²) in [6.45, 7) is 6.66. The zero-order valence-corrected chi connectivity index (χ0v) is 21.0. The molecule has 2 saturated carbocycles. The second-order valence-corrected chi connectivity index (χ2v) is 11.8. The van der Waals surface area contributed by atoms with Crippen molar-refractivity contribution in [3.63, 3.8) is 0 Å². The summed E-state index contributed by atoms with van der Waals surface area (Å²) < 4.78 is 40.5. The van der Waals surface area contributed by atoms with Gasteiger partial charge in [-0.2, -0.15) is 13.2 Å². The van der Waals surface area contributed by atoms with E-state index < -0.39 is 11.7 Å². The first-order valence-corrected chi connectivity index (χ1v) is 12.8. The monoisotopic (exact) mass is 488 g/mol. The van der Waals surface area contributed by atoms with Crippen LogP contribution in [0.4, 0.5) is 18.9 Å². The van der Waals surface area contributed by atoms with Gasteiger partial charge in [-0.15, -0.1) is 0 Å². The third kappa shape index (κ3) is 3.63. The third-order valence-electron chi connectivity index (χ3n) is 10.1. The number of halogens is 3. The zero-order valence-electron chi connectivity index (χ0n) is 21.0. The molecule has 0 aromatic heterocycles. The van der Waals surface area contributed by atoms with E-state index >= 15 is 0 Å². The molecule has 3 aliphatic carbocycles. The highest BCUT2D eigenvalue weighted by molar-refractivity contribution is 5.94. The van der Waals surface area contributed by atoms with Crippen LogP contribution in [0.1, 0.15) is 71.3 Å². The number of likely N-dealkylation sites (tertiary alicyclic amines) is 1. The van der Waals surface area contributed by atoms with Crippen LogP contribution in [0.3, 0.4) is 0 Å². The lowest BCUT2D eigenvalue weighted by Gasteiger charge is -2.59. The number of nitrogens with zero attached hydrogens (tertiary/aromatic N) is 1. The highest BCUT2D eigenvalue weighted by atomic mass is 19.4. The number of anilines is 1. The minimum Gasteiger partial charge on any atom is -0.325 e. The Morgan fingerprint density at radius 1 is 1.09 bits per heavy atom. The van der Waals surface area contributed by atoms with Crippen molar-refractivity contribution in [3.05, 3.63) is 41.1 Å². The van der Waals surface area contributed by atoms with Crippen LogP contribution >= 0.6 is 0 Å². The summed E-state index contributed by atoms with van der Waals surface area (Å²) >= 11 is 0. The van der Waals surface area contributed by atoms with Crippen molar-refractivity contribution in [3.8, 4) is 0 Å². The summed E-state index contributed by atoms with van der Waals surface area (Å²) in [6.07, 6.45) is 1.34. The van der Waals surface area contributed by atoms with Crippen LogP contribution in [0.2, 0.25) is 0 Å². The van der Waals surface area contributed by atoms with Gasteiger partial charge in [-0.1, -0.05) is 31.6 Å². The number of piperidine rings is 1. The van der Waals surface area contributed by atoms with E-state index in [1.807, 2.05) is 11.9 Å².